The summed E-state index contributed by atoms with van der Waals surface area (Å²) in [5, 5.41) is 0. The number of unbranched alkanes of at least 4 members (excludes halogenated alkanes) is 1. The van der Waals surface area contributed by atoms with Gasteiger partial charge in [-0.25, -0.2) is 0 Å². The molecule has 1 aliphatic carbocycles. The van der Waals surface area contributed by atoms with Crippen LogP contribution >= 0.6 is 0 Å². The summed E-state index contributed by atoms with van der Waals surface area (Å²) >= 11 is 0. The second-order valence-corrected chi connectivity index (χ2v) is 10.4. The first-order valence-electron chi connectivity index (χ1n) is 12.1. The molecule has 0 atom stereocenters. The van der Waals surface area contributed by atoms with Gasteiger partial charge in [-0.1, -0.05) is 40.2 Å². The number of benzene rings is 1. The average Bonchev–Trinajstić information content (AvgIpc) is 2.72. The molecule has 4 heteroatoms. The zero-order valence-corrected chi connectivity index (χ0v) is 19.9. The van der Waals surface area contributed by atoms with Crippen LogP contribution in [0.3, 0.4) is 0 Å². The summed E-state index contributed by atoms with van der Waals surface area (Å²) in [6.45, 7) is 16.4. The van der Waals surface area contributed by atoms with Crippen LogP contribution in [0.25, 0.3) is 0 Å². The predicted molar refractivity (Wildman–Crippen MR) is 125 cm³/mol. The van der Waals surface area contributed by atoms with E-state index in [0.29, 0.717) is 17.1 Å². The van der Waals surface area contributed by atoms with Crippen molar-refractivity contribution in [2.75, 3.05) is 37.6 Å². The number of ether oxygens (including phenoxy) is 1. The van der Waals surface area contributed by atoms with Crippen molar-refractivity contribution in [3.63, 3.8) is 0 Å². The number of hydrogen-bond donors (Lipinski definition) is 0. The minimum Gasteiger partial charge on any atom is -0.427 e. The lowest BCUT2D eigenvalue weighted by atomic mass is 9.68. The van der Waals surface area contributed by atoms with E-state index in [1.54, 1.807) is 0 Å². The van der Waals surface area contributed by atoms with E-state index in [0.717, 1.165) is 32.1 Å². The Morgan fingerprint density at radius 3 is 2.30 bits per heavy atom. The number of nitrogens with zero attached hydrogens (tertiary/aromatic N) is 2. The Kier molecular flexibility index (Phi) is 7.84. The maximum Gasteiger partial charge on any atom is 0.308 e. The van der Waals surface area contributed by atoms with E-state index in [1.807, 2.05) is 6.07 Å². The largest absolute Gasteiger partial charge is 0.427 e. The van der Waals surface area contributed by atoms with Gasteiger partial charge in [-0.3, -0.25) is 9.69 Å². The molecule has 0 spiro atoms. The summed E-state index contributed by atoms with van der Waals surface area (Å²) in [6.07, 6.45) is 7.68. The summed E-state index contributed by atoms with van der Waals surface area (Å²) in [4.78, 5) is 16.6. The number of rotatable bonds is 6. The van der Waals surface area contributed by atoms with Crippen molar-refractivity contribution in [1.29, 1.82) is 0 Å². The highest BCUT2D eigenvalue weighted by atomic mass is 16.5. The fourth-order valence-electron chi connectivity index (χ4n) is 5.24. The maximum atomic E-state index is 11.5. The first-order chi connectivity index (χ1) is 14.3. The first kappa shape index (κ1) is 23.1. The fraction of sp³-hybridized carbons (Fsp3) is 0.731. The van der Waals surface area contributed by atoms with E-state index in [9.17, 15) is 4.79 Å². The molecule has 0 N–H and O–H groups in total. The van der Waals surface area contributed by atoms with Crippen LogP contribution in [0.4, 0.5) is 5.69 Å². The van der Waals surface area contributed by atoms with Crippen LogP contribution in [0.1, 0.15) is 84.6 Å². The zero-order chi connectivity index (χ0) is 21.7. The monoisotopic (exact) mass is 414 g/mol. The molecular weight excluding hydrogens is 372 g/mol. The minimum absolute atomic E-state index is 0.247. The maximum absolute atomic E-state index is 11.5. The molecule has 0 amide bonds. The van der Waals surface area contributed by atoms with Crippen LogP contribution in [0.15, 0.2) is 18.2 Å². The topological polar surface area (TPSA) is 32.8 Å². The van der Waals surface area contributed by atoms with Gasteiger partial charge in [-0.15, -0.1) is 0 Å². The molecule has 1 heterocycles. The number of carbonyl (C=O) groups excluding carboxylic acids is 1. The molecular formula is C26H42N2O2. The highest BCUT2D eigenvalue weighted by Gasteiger charge is 2.32. The molecule has 1 aliphatic heterocycles. The number of hydrogen-bond acceptors (Lipinski definition) is 4. The zero-order valence-electron chi connectivity index (χ0n) is 19.9. The smallest absolute Gasteiger partial charge is 0.308 e. The molecule has 0 radical (unpaired) electrons. The third-order valence-electron chi connectivity index (χ3n) is 7.20. The van der Waals surface area contributed by atoms with Gasteiger partial charge in [0, 0.05) is 44.9 Å². The van der Waals surface area contributed by atoms with E-state index < -0.39 is 0 Å². The van der Waals surface area contributed by atoms with Gasteiger partial charge in [-0.2, -0.15) is 0 Å². The molecule has 2 aliphatic rings. The van der Waals surface area contributed by atoms with Crippen LogP contribution in [-0.2, 0) is 4.79 Å². The lowest BCUT2D eigenvalue weighted by molar-refractivity contribution is -0.131. The van der Waals surface area contributed by atoms with Gasteiger partial charge in [0.25, 0.3) is 0 Å². The van der Waals surface area contributed by atoms with Gasteiger partial charge in [0.15, 0.2) is 0 Å². The summed E-state index contributed by atoms with van der Waals surface area (Å²) in [7, 11) is 0. The second-order valence-electron chi connectivity index (χ2n) is 10.4. The Hall–Kier alpha value is -1.55. The summed E-state index contributed by atoms with van der Waals surface area (Å²) < 4.78 is 5.45. The lowest BCUT2D eigenvalue weighted by Crippen LogP contribution is -2.47. The Labute approximate surface area is 184 Å². The molecule has 1 aromatic rings. The molecule has 1 saturated heterocycles. The van der Waals surface area contributed by atoms with Gasteiger partial charge < -0.3 is 9.64 Å². The Morgan fingerprint density at radius 1 is 1.07 bits per heavy atom. The molecule has 168 valence electrons. The second kappa shape index (κ2) is 10.2. The van der Waals surface area contributed by atoms with Gasteiger partial charge >= 0.3 is 5.97 Å². The van der Waals surface area contributed by atoms with Crippen LogP contribution < -0.4 is 9.64 Å². The SMILES string of the molecule is CCCCN1CCN(c2cc(OC(C)=O)ccc2C2CCC(C(C)(C)C)CC2)CC1. The van der Waals surface area contributed by atoms with Crippen LogP contribution in [0.2, 0.25) is 0 Å². The molecule has 0 aromatic heterocycles. The standard InChI is InChI=1S/C26H42N2O2/c1-6-7-14-27-15-17-28(18-16-27)25-19-23(30-20(2)29)12-13-24(25)21-8-10-22(11-9-21)26(3,4)5/h12-13,19,21-22H,6-11,14-18H2,1-5H3. The van der Waals surface area contributed by atoms with Crippen molar-refractivity contribution in [3.8, 4) is 5.75 Å². The van der Waals surface area contributed by atoms with Crippen molar-refractivity contribution in [2.24, 2.45) is 11.3 Å². The normalized spacial score (nSPS) is 23.4. The average molecular weight is 415 g/mol. The summed E-state index contributed by atoms with van der Waals surface area (Å²) in [5.41, 5.74) is 3.16. The summed E-state index contributed by atoms with van der Waals surface area (Å²) in [6, 6.07) is 6.35. The molecule has 1 aromatic carbocycles. The van der Waals surface area contributed by atoms with Gasteiger partial charge in [0.2, 0.25) is 0 Å². The predicted octanol–water partition coefficient (Wildman–Crippen LogP) is 5.85. The molecule has 0 unspecified atom stereocenters. The highest BCUT2D eigenvalue weighted by molar-refractivity contribution is 5.70. The van der Waals surface area contributed by atoms with E-state index in [2.05, 4.69) is 49.6 Å². The molecule has 3 rings (SSSR count). The Morgan fingerprint density at radius 2 is 1.73 bits per heavy atom. The number of esters is 1. The molecule has 2 fully saturated rings. The van der Waals surface area contributed by atoms with E-state index in [1.165, 1.54) is 63.2 Å². The van der Waals surface area contributed by atoms with Crippen molar-refractivity contribution < 1.29 is 9.53 Å². The van der Waals surface area contributed by atoms with E-state index >= 15 is 0 Å². The first-order valence-corrected chi connectivity index (χ1v) is 12.1. The Balaban J connectivity index is 1.76. The van der Waals surface area contributed by atoms with E-state index in [4.69, 9.17) is 4.74 Å². The number of anilines is 1. The van der Waals surface area contributed by atoms with Crippen molar-refractivity contribution in [3.05, 3.63) is 23.8 Å². The van der Waals surface area contributed by atoms with Crippen molar-refractivity contribution in [2.45, 2.75) is 79.1 Å². The van der Waals surface area contributed by atoms with Crippen molar-refractivity contribution in [1.82, 2.24) is 4.90 Å². The lowest BCUT2D eigenvalue weighted by Gasteiger charge is -2.40. The van der Waals surface area contributed by atoms with Crippen LogP contribution in [-0.4, -0.2) is 43.6 Å². The third-order valence-corrected chi connectivity index (χ3v) is 7.20. The van der Waals surface area contributed by atoms with Crippen LogP contribution in [0.5, 0.6) is 5.75 Å². The number of carbonyl (C=O) groups is 1. The minimum atomic E-state index is -0.247. The quantitative estimate of drug-likeness (QED) is 0.431. The van der Waals surface area contributed by atoms with Crippen LogP contribution in [0, 0.1) is 11.3 Å². The molecule has 1 saturated carbocycles. The number of piperazine rings is 1. The molecule has 30 heavy (non-hydrogen) atoms. The van der Waals surface area contributed by atoms with Gasteiger partial charge in [-0.05, 0) is 67.5 Å². The van der Waals surface area contributed by atoms with Gasteiger partial charge in [0.1, 0.15) is 5.75 Å². The Bertz CT molecular complexity index is 693. The fourth-order valence-corrected chi connectivity index (χ4v) is 5.24. The molecule has 4 nitrogen and oxygen atoms in total. The van der Waals surface area contributed by atoms with E-state index in [-0.39, 0.29) is 5.97 Å². The van der Waals surface area contributed by atoms with Crippen molar-refractivity contribution >= 4 is 11.7 Å². The highest BCUT2D eigenvalue weighted by Crippen LogP contribution is 2.45. The third kappa shape index (κ3) is 6.00. The van der Waals surface area contributed by atoms with Gasteiger partial charge in [0.05, 0.1) is 0 Å². The summed E-state index contributed by atoms with van der Waals surface area (Å²) in [5.74, 6) is 1.87. The molecule has 0 bridgehead atoms.